The minimum Gasteiger partial charge on any atom is -0.351 e. The summed E-state index contributed by atoms with van der Waals surface area (Å²) in [5.74, 6) is -0.0426. The maximum absolute atomic E-state index is 13.4. The van der Waals surface area contributed by atoms with Gasteiger partial charge in [-0.3, -0.25) is 9.78 Å². The molecule has 5 rings (SSSR count). The zero-order valence-corrected chi connectivity index (χ0v) is 20.5. The van der Waals surface area contributed by atoms with Gasteiger partial charge in [-0.1, -0.05) is 73.1 Å². The van der Waals surface area contributed by atoms with Crippen molar-refractivity contribution in [2.45, 2.75) is 26.2 Å². The number of hydrogen-bond donors (Lipinski definition) is 1. The van der Waals surface area contributed by atoms with Crippen LogP contribution in [-0.4, -0.2) is 17.4 Å². The molecule has 3 nitrogen and oxygen atoms in total. The smallest absolute Gasteiger partial charge is 0.262 e. The predicted octanol–water partition coefficient (Wildman–Crippen LogP) is 7.69. The number of nitrogens with one attached hydrogen (secondary N) is 1. The molecule has 2 aromatic heterocycles. The number of hydrogen-bond acceptors (Lipinski definition) is 3. The number of halogens is 1. The summed E-state index contributed by atoms with van der Waals surface area (Å²) in [6.45, 7) is 2.77. The molecule has 0 spiro atoms. The third kappa shape index (κ3) is 4.56. The average molecular weight is 485 g/mol. The third-order valence-corrected chi connectivity index (χ3v) is 7.58. The molecule has 0 fully saturated rings. The molecule has 0 saturated carbocycles. The van der Waals surface area contributed by atoms with Crippen molar-refractivity contribution >= 4 is 49.8 Å². The number of carbonyl (C=O) groups excluding carboxylic acids is 1. The Balaban J connectivity index is 1.51. The second-order valence-electron chi connectivity index (χ2n) is 8.36. The summed E-state index contributed by atoms with van der Waals surface area (Å²) in [4.78, 5) is 18.8. The van der Waals surface area contributed by atoms with Gasteiger partial charge in [0, 0.05) is 38.8 Å². The molecule has 0 atom stereocenters. The highest BCUT2D eigenvalue weighted by Gasteiger charge is 2.21. The van der Waals surface area contributed by atoms with Crippen molar-refractivity contribution < 1.29 is 4.79 Å². The standard InChI is InChI=1S/C29H25ClN2OS/c1-2-19-10-12-21(13-11-19)26-24-18-32-25-15-14-22(30)17-23(25)27(24)34-28(26)29(33)31-16-6-9-20-7-4-3-5-8-20/h3-5,7-8,10-15,17-18H,2,6,9,16H2,1H3,(H,31,33). The van der Waals surface area contributed by atoms with Crippen molar-refractivity contribution in [3.8, 4) is 11.1 Å². The number of aromatic nitrogens is 1. The molecule has 0 aliphatic carbocycles. The Bertz CT molecular complexity index is 1460. The van der Waals surface area contributed by atoms with E-state index in [1.54, 1.807) is 0 Å². The lowest BCUT2D eigenvalue weighted by atomic mass is 9.99. The lowest BCUT2D eigenvalue weighted by Gasteiger charge is -2.08. The van der Waals surface area contributed by atoms with Crippen molar-refractivity contribution in [2.24, 2.45) is 0 Å². The van der Waals surface area contributed by atoms with Gasteiger partial charge in [0.15, 0.2) is 0 Å². The second-order valence-corrected chi connectivity index (χ2v) is 9.82. The molecule has 2 heterocycles. The summed E-state index contributed by atoms with van der Waals surface area (Å²) in [6, 6.07) is 24.5. The number of aryl methyl sites for hydroxylation is 2. The molecule has 3 aromatic carbocycles. The van der Waals surface area contributed by atoms with Gasteiger partial charge in [0.2, 0.25) is 0 Å². The van der Waals surface area contributed by atoms with Crippen LogP contribution in [0.3, 0.4) is 0 Å². The van der Waals surface area contributed by atoms with Crippen molar-refractivity contribution in [2.75, 3.05) is 6.54 Å². The van der Waals surface area contributed by atoms with E-state index in [2.05, 4.69) is 53.6 Å². The van der Waals surface area contributed by atoms with E-state index >= 15 is 0 Å². The summed E-state index contributed by atoms with van der Waals surface area (Å²) < 4.78 is 1.04. The quantitative estimate of drug-likeness (QED) is 0.240. The highest BCUT2D eigenvalue weighted by molar-refractivity contribution is 7.22. The normalized spacial score (nSPS) is 11.2. The minimum atomic E-state index is -0.0426. The van der Waals surface area contributed by atoms with Crippen LogP contribution in [-0.2, 0) is 12.8 Å². The maximum Gasteiger partial charge on any atom is 0.262 e. The Morgan fingerprint density at radius 2 is 1.76 bits per heavy atom. The largest absolute Gasteiger partial charge is 0.351 e. The van der Waals surface area contributed by atoms with Crippen LogP contribution in [0.2, 0.25) is 5.02 Å². The fourth-order valence-electron chi connectivity index (χ4n) is 4.28. The van der Waals surface area contributed by atoms with E-state index in [9.17, 15) is 4.79 Å². The van der Waals surface area contributed by atoms with Crippen LogP contribution in [0.25, 0.3) is 32.1 Å². The van der Waals surface area contributed by atoms with Crippen molar-refractivity contribution in [3.05, 3.63) is 100 Å². The van der Waals surface area contributed by atoms with Gasteiger partial charge in [0.05, 0.1) is 5.52 Å². The summed E-state index contributed by atoms with van der Waals surface area (Å²) in [5.41, 5.74) is 5.40. The number of rotatable bonds is 7. The first-order chi connectivity index (χ1) is 16.6. The average Bonchev–Trinajstić information content (AvgIpc) is 3.27. The Morgan fingerprint density at radius 3 is 2.53 bits per heavy atom. The van der Waals surface area contributed by atoms with Crippen LogP contribution in [0.15, 0.2) is 79.0 Å². The molecule has 0 unspecified atom stereocenters. The lowest BCUT2D eigenvalue weighted by Crippen LogP contribution is -2.24. The Hall–Kier alpha value is -3.21. The number of pyridine rings is 1. The SMILES string of the molecule is CCc1ccc(-c2c(C(=O)NCCCc3ccccc3)sc3c2cnc2ccc(Cl)cc23)cc1. The minimum absolute atomic E-state index is 0.0426. The summed E-state index contributed by atoms with van der Waals surface area (Å²) in [7, 11) is 0. The number of nitrogens with zero attached hydrogens (tertiary/aromatic N) is 1. The van der Waals surface area contributed by atoms with E-state index in [-0.39, 0.29) is 5.91 Å². The fourth-order valence-corrected chi connectivity index (χ4v) is 5.69. The van der Waals surface area contributed by atoms with Gasteiger partial charge >= 0.3 is 0 Å². The molecule has 0 bridgehead atoms. The fraction of sp³-hybridized carbons (Fsp3) is 0.172. The van der Waals surface area contributed by atoms with Crippen molar-refractivity contribution in [3.63, 3.8) is 0 Å². The molecule has 5 heteroatoms. The molecular weight excluding hydrogens is 460 g/mol. The van der Waals surface area contributed by atoms with Crippen molar-refractivity contribution in [1.29, 1.82) is 0 Å². The van der Waals surface area contributed by atoms with E-state index < -0.39 is 0 Å². The van der Waals surface area contributed by atoms with E-state index in [0.717, 1.165) is 51.4 Å². The number of carbonyl (C=O) groups is 1. The monoisotopic (exact) mass is 484 g/mol. The highest BCUT2D eigenvalue weighted by Crippen LogP contribution is 2.42. The van der Waals surface area contributed by atoms with Gasteiger partial charge < -0.3 is 5.32 Å². The van der Waals surface area contributed by atoms with E-state index in [1.807, 2.05) is 42.6 Å². The van der Waals surface area contributed by atoms with Crippen LogP contribution in [0, 0.1) is 0 Å². The summed E-state index contributed by atoms with van der Waals surface area (Å²) >= 11 is 7.83. The van der Waals surface area contributed by atoms with E-state index in [1.165, 1.54) is 22.5 Å². The van der Waals surface area contributed by atoms with Gasteiger partial charge in [-0.15, -0.1) is 11.3 Å². The first kappa shape index (κ1) is 22.6. The van der Waals surface area contributed by atoms with Gasteiger partial charge in [-0.25, -0.2) is 0 Å². The van der Waals surface area contributed by atoms with Gasteiger partial charge in [0.1, 0.15) is 4.88 Å². The number of thiophene rings is 1. The van der Waals surface area contributed by atoms with E-state index in [4.69, 9.17) is 11.6 Å². The molecule has 0 aliphatic rings. The van der Waals surface area contributed by atoms with Crippen LogP contribution >= 0.6 is 22.9 Å². The molecule has 170 valence electrons. The number of benzene rings is 3. The van der Waals surface area contributed by atoms with Gasteiger partial charge in [-0.05, 0) is 54.2 Å². The molecule has 0 aliphatic heterocycles. The first-order valence-electron chi connectivity index (χ1n) is 11.6. The first-order valence-corrected chi connectivity index (χ1v) is 12.8. The highest BCUT2D eigenvalue weighted by atomic mass is 35.5. The molecule has 0 saturated heterocycles. The Kier molecular flexibility index (Phi) is 6.61. The molecule has 1 N–H and O–H groups in total. The molecule has 34 heavy (non-hydrogen) atoms. The van der Waals surface area contributed by atoms with Gasteiger partial charge in [0.25, 0.3) is 5.91 Å². The van der Waals surface area contributed by atoms with Crippen LogP contribution in [0.4, 0.5) is 0 Å². The van der Waals surface area contributed by atoms with Crippen LogP contribution < -0.4 is 5.32 Å². The van der Waals surface area contributed by atoms with Gasteiger partial charge in [-0.2, -0.15) is 0 Å². The maximum atomic E-state index is 13.4. The predicted molar refractivity (Wildman–Crippen MR) is 144 cm³/mol. The Morgan fingerprint density at radius 1 is 0.971 bits per heavy atom. The zero-order chi connectivity index (χ0) is 23.5. The topological polar surface area (TPSA) is 42.0 Å². The van der Waals surface area contributed by atoms with Crippen LogP contribution in [0.5, 0.6) is 0 Å². The Labute approximate surface area is 208 Å². The van der Waals surface area contributed by atoms with Crippen molar-refractivity contribution in [1.82, 2.24) is 10.3 Å². The molecule has 5 aromatic rings. The van der Waals surface area contributed by atoms with E-state index in [0.29, 0.717) is 16.4 Å². The lowest BCUT2D eigenvalue weighted by molar-refractivity contribution is 0.0958. The zero-order valence-electron chi connectivity index (χ0n) is 19.0. The summed E-state index contributed by atoms with van der Waals surface area (Å²) in [5, 5.41) is 5.77. The van der Waals surface area contributed by atoms with Crippen LogP contribution in [0.1, 0.15) is 34.1 Å². The second kappa shape index (κ2) is 9.96. The summed E-state index contributed by atoms with van der Waals surface area (Å²) in [6.07, 6.45) is 4.69. The third-order valence-electron chi connectivity index (χ3n) is 6.11. The molecule has 0 radical (unpaired) electrons. The number of fused-ring (bicyclic) bond motifs is 3. The number of amides is 1. The molecule has 1 amide bonds. The molecular formula is C29H25ClN2OS.